The predicted octanol–water partition coefficient (Wildman–Crippen LogP) is 0.260. The molecule has 33 heavy (non-hydrogen) atoms. The highest BCUT2D eigenvalue weighted by atomic mass is 16.5. The van der Waals surface area contributed by atoms with Gasteiger partial charge in [0.25, 0.3) is 5.91 Å². The summed E-state index contributed by atoms with van der Waals surface area (Å²) < 4.78 is 5.34. The number of aliphatic hydroxyl groups is 3. The molecule has 3 atom stereocenters. The van der Waals surface area contributed by atoms with Gasteiger partial charge in [-0.15, -0.1) is 0 Å². The van der Waals surface area contributed by atoms with E-state index in [4.69, 9.17) is 10.5 Å². The molecule has 1 aromatic rings. The van der Waals surface area contributed by atoms with E-state index in [1.165, 1.54) is 0 Å². The minimum atomic E-state index is -2.55. The molecule has 10 nitrogen and oxygen atoms in total. The lowest BCUT2D eigenvalue weighted by molar-refractivity contribution is -0.147. The van der Waals surface area contributed by atoms with Gasteiger partial charge in [0.15, 0.2) is 11.4 Å². The Bertz CT molecular complexity index is 1160. The fourth-order valence-electron chi connectivity index (χ4n) is 5.64. The number of phenolic OH excluding ortho intramolecular Hbond substituents is 1. The van der Waals surface area contributed by atoms with Gasteiger partial charge in [0.05, 0.1) is 24.5 Å². The van der Waals surface area contributed by atoms with E-state index in [1.54, 1.807) is 12.1 Å². The van der Waals surface area contributed by atoms with Crippen LogP contribution in [0.3, 0.4) is 0 Å². The van der Waals surface area contributed by atoms with Gasteiger partial charge in [0.1, 0.15) is 22.8 Å². The molecule has 3 aliphatic carbocycles. The highest BCUT2D eigenvalue weighted by Gasteiger charge is 2.60. The van der Waals surface area contributed by atoms with Crippen molar-refractivity contribution in [1.82, 2.24) is 0 Å². The Morgan fingerprint density at radius 3 is 2.48 bits per heavy atom. The van der Waals surface area contributed by atoms with Gasteiger partial charge in [-0.3, -0.25) is 14.4 Å². The first-order chi connectivity index (χ1) is 15.7. The van der Waals surface area contributed by atoms with E-state index >= 15 is 0 Å². The van der Waals surface area contributed by atoms with E-state index in [0.29, 0.717) is 44.0 Å². The fraction of sp³-hybridized carbons (Fsp3) is 0.435. The number of primary amides is 1. The van der Waals surface area contributed by atoms with Crippen LogP contribution in [0.1, 0.15) is 24.0 Å². The number of anilines is 1. The molecule has 5 rings (SSSR count). The maximum atomic E-state index is 13.5. The molecular weight excluding hydrogens is 432 g/mol. The predicted molar refractivity (Wildman–Crippen MR) is 114 cm³/mol. The van der Waals surface area contributed by atoms with E-state index < -0.39 is 52.0 Å². The van der Waals surface area contributed by atoms with Gasteiger partial charge in [0, 0.05) is 31.0 Å². The molecule has 2 fully saturated rings. The third-order valence-electron chi connectivity index (χ3n) is 7.27. The second-order valence-electron chi connectivity index (χ2n) is 8.97. The van der Waals surface area contributed by atoms with E-state index in [0.717, 1.165) is 0 Å². The Morgan fingerprint density at radius 2 is 1.82 bits per heavy atom. The maximum Gasteiger partial charge on any atom is 0.255 e. The normalized spacial score (nSPS) is 29.5. The molecule has 0 radical (unpaired) electrons. The molecule has 3 unspecified atom stereocenters. The molecule has 1 heterocycles. The number of hydrogen-bond acceptors (Lipinski definition) is 9. The topological polar surface area (TPSA) is 171 Å². The number of nitrogens with zero attached hydrogens (tertiary/aromatic N) is 1. The lowest BCUT2D eigenvalue weighted by Gasteiger charge is -2.46. The van der Waals surface area contributed by atoms with E-state index in [-0.39, 0.29) is 29.7 Å². The summed E-state index contributed by atoms with van der Waals surface area (Å²) >= 11 is 0. The molecular formula is C23H24N2O8. The number of phenols is 1. The first kappa shape index (κ1) is 21.5. The van der Waals surface area contributed by atoms with Crippen LogP contribution in [-0.2, 0) is 25.5 Å². The van der Waals surface area contributed by atoms with Gasteiger partial charge in [-0.25, -0.2) is 0 Å². The first-order valence-electron chi connectivity index (χ1n) is 10.8. The molecule has 1 saturated heterocycles. The lowest BCUT2D eigenvalue weighted by Crippen LogP contribution is -2.58. The average Bonchev–Trinajstić information content (AvgIpc) is 2.76. The van der Waals surface area contributed by atoms with Gasteiger partial charge >= 0.3 is 0 Å². The van der Waals surface area contributed by atoms with Crippen LogP contribution >= 0.6 is 0 Å². The maximum absolute atomic E-state index is 13.5. The van der Waals surface area contributed by atoms with Crippen LogP contribution in [-0.4, -0.2) is 69.8 Å². The second-order valence-corrected chi connectivity index (χ2v) is 8.97. The van der Waals surface area contributed by atoms with Crippen LogP contribution in [0, 0.1) is 11.8 Å². The molecule has 1 aromatic carbocycles. The van der Waals surface area contributed by atoms with Crippen molar-refractivity contribution in [3.05, 3.63) is 40.2 Å². The van der Waals surface area contributed by atoms with Crippen molar-refractivity contribution in [3.63, 3.8) is 0 Å². The van der Waals surface area contributed by atoms with Crippen molar-refractivity contribution >= 4 is 28.9 Å². The summed E-state index contributed by atoms with van der Waals surface area (Å²) in [4.78, 5) is 39.4. The van der Waals surface area contributed by atoms with Gasteiger partial charge in [0.2, 0.25) is 5.78 Å². The SMILES string of the molecule is NC(=O)C1=C(O)C2(O)C(=O)C3=C(O)c4c(ccc(N5CCOCC5)c4O)CC3CC2CC1=O. The van der Waals surface area contributed by atoms with Gasteiger partial charge in [-0.05, 0) is 30.4 Å². The van der Waals surface area contributed by atoms with Gasteiger partial charge < -0.3 is 35.8 Å². The number of aromatic hydroxyl groups is 1. The number of Topliss-reactive ketones (excluding diaryl/α,β-unsaturated/α-hetero) is 2. The number of benzene rings is 1. The zero-order valence-electron chi connectivity index (χ0n) is 17.7. The van der Waals surface area contributed by atoms with Crippen molar-refractivity contribution in [3.8, 4) is 5.75 Å². The number of carbonyl (C=O) groups excluding carboxylic acids is 3. The minimum absolute atomic E-state index is 0.103. The Hall–Kier alpha value is -3.37. The van der Waals surface area contributed by atoms with Crippen LogP contribution < -0.4 is 10.6 Å². The lowest BCUT2D eigenvalue weighted by atomic mass is 9.59. The van der Waals surface area contributed by atoms with Gasteiger partial charge in [-0.2, -0.15) is 0 Å². The number of ether oxygens (including phenoxy) is 1. The number of nitrogens with two attached hydrogens (primary N) is 1. The third-order valence-corrected chi connectivity index (χ3v) is 7.27. The molecule has 174 valence electrons. The monoisotopic (exact) mass is 456 g/mol. The fourth-order valence-corrected chi connectivity index (χ4v) is 5.64. The first-order valence-corrected chi connectivity index (χ1v) is 10.8. The molecule has 1 aliphatic heterocycles. The molecule has 6 N–H and O–H groups in total. The summed E-state index contributed by atoms with van der Waals surface area (Å²) in [6.07, 6.45) is 0.0867. The van der Waals surface area contributed by atoms with Crippen molar-refractivity contribution in [2.45, 2.75) is 24.9 Å². The van der Waals surface area contributed by atoms with Crippen LogP contribution in [0.5, 0.6) is 5.75 Å². The number of fused-ring (bicyclic) bond motifs is 3. The molecule has 0 aromatic heterocycles. The molecule has 0 spiro atoms. The zero-order valence-corrected chi connectivity index (χ0v) is 17.7. The summed E-state index contributed by atoms with van der Waals surface area (Å²) in [6.45, 7) is 2.08. The Balaban J connectivity index is 1.64. The number of carbonyl (C=O) groups is 3. The zero-order chi connectivity index (χ0) is 23.7. The summed E-state index contributed by atoms with van der Waals surface area (Å²) in [5, 5.41) is 44.0. The quantitative estimate of drug-likeness (QED) is 0.392. The molecule has 1 amide bonds. The summed E-state index contributed by atoms with van der Waals surface area (Å²) in [5.41, 5.74) is 2.94. The van der Waals surface area contributed by atoms with Crippen molar-refractivity contribution in [2.75, 3.05) is 31.2 Å². The van der Waals surface area contributed by atoms with Crippen molar-refractivity contribution in [1.29, 1.82) is 0 Å². The number of rotatable bonds is 2. The van der Waals surface area contributed by atoms with Crippen molar-refractivity contribution in [2.24, 2.45) is 17.6 Å². The van der Waals surface area contributed by atoms with Crippen LogP contribution in [0.15, 0.2) is 29.0 Å². The number of aliphatic hydroxyl groups excluding tert-OH is 2. The molecule has 10 heteroatoms. The Labute approximate surface area is 188 Å². The summed E-state index contributed by atoms with van der Waals surface area (Å²) in [6, 6.07) is 3.54. The highest BCUT2D eigenvalue weighted by Crippen LogP contribution is 2.52. The number of ketones is 2. The second kappa shape index (κ2) is 7.32. The van der Waals surface area contributed by atoms with E-state index in [9.17, 15) is 34.8 Å². The van der Waals surface area contributed by atoms with E-state index in [1.807, 2.05) is 4.90 Å². The number of amides is 1. The molecule has 4 aliphatic rings. The van der Waals surface area contributed by atoms with Crippen molar-refractivity contribution < 1.29 is 39.5 Å². The summed E-state index contributed by atoms with van der Waals surface area (Å²) in [5.74, 6) is -6.19. The van der Waals surface area contributed by atoms with E-state index in [2.05, 4.69) is 0 Å². The largest absolute Gasteiger partial charge is 0.508 e. The standard InChI is InChI=1S/C23H24N2O8/c24-22(31)17-14(26)9-12-8-11-7-10-1-2-13(25-3-5-33-6-4-25)18(27)15(10)19(28)16(11)20(29)23(12,32)21(17)30/h1-2,11-12,27-28,30,32H,3-9H2,(H2,24,31). The Morgan fingerprint density at radius 1 is 1.12 bits per heavy atom. The van der Waals surface area contributed by atoms with Crippen LogP contribution in [0.4, 0.5) is 5.69 Å². The minimum Gasteiger partial charge on any atom is -0.508 e. The highest BCUT2D eigenvalue weighted by molar-refractivity contribution is 6.22. The van der Waals surface area contributed by atoms with Crippen LogP contribution in [0.25, 0.3) is 5.76 Å². The third kappa shape index (κ3) is 2.90. The number of morpholine rings is 1. The number of hydrogen-bond donors (Lipinski definition) is 5. The molecule has 1 saturated carbocycles. The molecule has 0 bridgehead atoms. The van der Waals surface area contributed by atoms with Gasteiger partial charge in [-0.1, -0.05) is 6.07 Å². The Kier molecular flexibility index (Phi) is 4.77. The summed E-state index contributed by atoms with van der Waals surface area (Å²) in [7, 11) is 0. The average molecular weight is 456 g/mol. The smallest absolute Gasteiger partial charge is 0.255 e. The van der Waals surface area contributed by atoms with Crippen LogP contribution in [0.2, 0.25) is 0 Å².